The van der Waals surface area contributed by atoms with Gasteiger partial charge in [-0.05, 0) is 46.7 Å². The van der Waals surface area contributed by atoms with Crippen LogP contribution >= 0.6 is 11.3 Å². The number of methoxy groups -OCH3 is 1. The monoisotopic (exact) mass is 309 g/mol. The fourth-order valence-corrected chi connectivity index (χ4v) is 3.26. The first-order chi connectivity index (χ1) is 10.6. The number of hydrogen-bond acceptors (Lipinski definition) is 5. The number of nitriles is 1. The second-order valence-corrected chi connectivity index (χ2v) is 5.61. The zero-order chi connectivity index (χ0) is 15.7. The molecular weight excluding hydrogens is 298 g/mol. The number of fused-ring (bicyclic) bond motifs is 1. The molecule has 0 amide bonds. The number of carbonyl (C=O) groups is 1. The van der Waals surface area contributed by atoms with E-state index in [9.17, 15) is 9.90 Å². The average molecular weight is 309 g/mol. The first-order valence-corrected chi connectivity index (χ1v) is 7.35. The lowest BCUT2D eigenvalue weighted by atomic mass is 9.99. The van der Waals surface area contributed by atoms with E-state index in [-0.39, 0.29) is 11.3 Å². The van der Waals surface area contributed by atoms with Gasteiger partial charge in [-0.15, -0.1) is 11.3 Å². The third kappa shape index (κ3) is 2.30. The van der Waals surface area contributed by atoms with Crippen molar-refractivity contribution in [1.29, 1.82) is 5.26 Å². The summed E-state index contributed by atoms with van der Waals surface area (Å²) in [6.07, 6.45) is 0. The van der Waals surface area contributed by atoms with E-state index in [1.165, 1.54) is 19.2 Å². The summed E-state index contributed by atoms with van der Waals surface area (Å²) in [4.78, 5) is 11.5. The molecule has 0 bridgehead atoms. The number of aromatic hydroxyl groups is 1. The molecular formula is C17H11NO3S. The van der Waals surface area contributed by atoms with Gasteiger partial charge in [0.15, 0.2) is 0 Å². The minimum atomic E-state index is -0.587. The van der Waals surface area contributed by atoms with Crippen LogP contribution < -0.4 is 0 Å². The van der Waals surface area contributed by atoms with E-state index in [2.05, 4.69) is 10.8 Å². The summed E-state index contributed by atoms with van der Waals surface area (Å²) in [6, 6.07) is 12.5. The van der Waals surface area contributed by atoms with Crippen molar-refractivity contribution in [1.82, 2.24) is 0 Å². The summed E-state index contributed by atoms with van der Waals surface area (Å²) in [6.45, 7) is 0. The maximum absolute atomic E-state index is 11.5. The number of rotatable bonds is 2. The van der Waals surface area contributed by atoms with Gasteiger partial charge in [-0.25, -0.2) is 4.79 Å². The number of thiophene rings is 1. The Labute approximate surface area is 130 Å². The molecule has 0 radical (unpaired) electrons. The van der Waals surface area contributed by atoms with Crippen LogP contribution in [0.25, 0.3) is 21.2 Å². The Morgan fingerprint density at radius 2 is 2.09 bits per heavy atom. The second-order valence-electron chi connectivity index (χ2n) is 4.70. The molecule has 1 aromatic heterocycles. The van der Waals surface area contributed by atoms with Crippen LogP contribution in [-0.2, 0) is 4.74 Å². The highest BCUT2D eigenvalue weighted by molar-refractivity contribution is 7.17. The van der Waals surface area contributed by atoms with Gasteiger partial charge in [0.1, 0.15) is 11.3 Å². The van der Waals surface area contributed by atoms with Gasteiger partial charge in [-0.3, -0.25) is 0 Å². The van der Waals surface area contributed by atoms with Crippen molar-refractivity contribution in [3.63, 3.8) is 0 Å². The molecule has 108 valence electrons. The molecule has 0 aliphatic rings. The zero-order valence-electron chi connectivity index (χ0n) is 11.7. The van der Waals surface area contributed by atoms with Gasteiger partial charge < -0.3 is 9.84 Å². The molecule has 0 fully saturated rings. The Hall–Kier alpha value is -2.84. The molecule has 1 heterocycles. The SMILES string of the molecule is COC(=O)c1ccc(-c2cc(C#N)cc3ccsc23)cc1O. The number of phenols is 1. The number of ether oxygens (including phenoxy) is 1. The summed E-state index contributed by atoms with van der Waals surface area (Å²) in [5.74, 6) is -0.729. The summed E-state index contributed by atoms with van der Waals surface area (Å²) < 4.78 is 5.65. The number of phenolic OH excluding ortho intramolecular Hbond substituents is 1. The molecule has 1 N–H and O–H groups in total. The summed E-state index contributed by atoms with van der Waals surface area (Å²) in [5, 5.41) is 22.1. The molecule has 22 heavy (non-hydrogen) atoms. The highest BCUT2D eigenvalue weighted by Gasteiger charge is 2.14. The van der Waals surface area contributed by atoms with E-state index in [1.807, 2.05) is 17.5 Å². The second kappa shape index (κ2) is 5.51. The van der Waals surface area contributed by atoms with Gasteiger partial charge in [0.05, 0.1) is 18.7 Å². The van der Waals surface area contributed by atoms with E-state index >= 15 is 0 Å². The van der Waals surface area contributed by atoms with Crippen molar-refractivity contribution >= 4 is 27.4 Å². The summed E-state index contributed by atoms with van der Waals surface area (Å²) >= 11 is 1.57. The number of hydrogen-bond donors (Lipinski definition) is 1. The average Bonchev–Trinajstić information content (AvgIpc) is 3.01. The molecule has 0 spiro atoms. The molecule has 4 nitrogen and oxygen atoms in total. The number of carbonyl (C=O) groups excluding carboxylic acids is 1. The Kier molecular flexibility index (Phi) is 3.53. The van der Waals surface area contributed by atoms with Crippen LogP contribution in [0, 0.1) is 11.3 Å². The Morgan fingerprint density at radius 1 is 1.27 bits per heavy atom. The van der Waals surface area contributed by atoms with Crippen molar-refractivity contribution in [2.24, 2.45) is 0 Å². The van der Waals surface area contributed by atoms with Crippen LogP contribution in [0.15, 0.2) is 41.8 Å². The van der Waals surface area contributed by atoms with Crippen LogP contribution in [0.3, 0.4) is 0 Å². The molecule has 0 saturated heterocycles. The van der Waals surface area contributed by atoms with E-state index in [4.69, 9.17) is 5.26 Å². The van der Waals surface area contributed by atoms with E-state index < -0.39 is 5.97 Å². The number of esters is 1. The molecule has 0 aliphatic heterocycles. The Bertz CT molecular complexity index is 921. The molecule has 3 aromatic rings. The van der Waals surface area contributed by atoms with Crippen LogP contribution in [0.2, 0.25) is 0 Å². The van der Waals surface area contributed by atoms with Gasteiger partial charge in [0.2, 0.25) is 0 Å². The van der Waals surface area contributed by atoms with E-state index in [0.717, 1.165) is 21.2 Å². The summed E-state index contributed by atoms with van der Waals surface area (Å²) in [7, 11) is 1.27. The summed E-state index contributed by atoms with van der Waals surface area (Å²) in [5.41, 5.74) is 2.27. The fraction of sp³-hybridized carbons (Fsp3) is 0.0588. The molecule has 2 aromatic carbocycles. The fourth-order valence-electron chi connectivity index (χ4n) is 2.34. The molecule has 0 saturated carbocycles. The van der Waals surface area contributed by atoms with E-state index in [1.54, 1.807) is 23.5 Å². The van der Waals surface area contributed by atoms with Gasteiger partial charge in [0.25, 0.3) is 0 Å². The van der Waals surface area contributed by atoms with Crippen LogP contribution in [0.5, 0.6) is 5.75 Å². The first-order valence-electron chi connectivity index (χ1n) is 6.47. The minimum Gasteiger partial charge on any atom is -0.507 e. The standard InChI is InChI=1S/C17H11NO3S/c1-21-17(20)13-3-2-11(8-15(13)19)14-7-10(9-18)6-12-4-5-22-16(12)14/h2-8,19H,1H3. The maximum Gasteiger partial charge on any atom is 0.341 e. The van der Waals surface area contributed by atoms with Gasteiger partial charge in [0, 0.05) is 10.3 Å². The molecule has 5 heteroatoms. The van der Waals surface area contributed by atoms with Crippen molar-refractivity contribution in [2.75, 3.05) is 7.11 Å². The molecule has 3 rings (SSSR count). The van der Waals surface area contributed by atoms with Crippen molar-refractivity contribution in [3.05, 3.63) is 52.9 Å². The van der Waals surface area contributed by atoms with Crippen molar-refractivity contribution in [2.45, 2.75) is 0 Å². The highest BCUT2D eigenvalue weighted by Crippen LogP contribution is 2.36. The van der Waals surface area contributed by atoms with Gasteiger partial charge in [-0.1, -0.05) is 6.07 Å². The number of benzene rings is 2. The largest absolute Gasteiger partial charge is 0.507 e. The third-order valence-corrected chi connectivity index (χ3v) is 4.36. The first kappa shape index (κ1) is 14.1. The van der Waals surface area contributed by atoms with Crippen molar-refractivity contribution < 1.29 is 14.6 Å². The van der Waals surface area contributed by atoms with E-state index in [0.29, 0.717) is 5.56 Å². The smallest absolute Gasteiger partial charge is 0.341 e. The quantitative estimate of drug-likeness (QED) is 0.728. The zero-order valence-corrected chi connectivity index (χ0v) is 12.5. The minimum absolute atomic E-state index is 0.116. The Morgan fingerprint density at radius 3 is 2.77 bits per heavy atom. The third-order valence-electron chi connectivity index (χ3n) is 3.39. The lowest BCUT2D eigenvalue weighted by Gasteiger charge is -2.08. The highest BCUT2D eigenvalue weighted by atomic mass is 32.1. The maximum atomic E-state index is 11.5. The molecule has 0 aliphatic carbocycles. The van der Waals surface area contributed by atoms with Crippen LogP contribution in [-0.4, -0.2) is 18.2 Å². The number of nitrogens with zero attached hydrogens (tertiary/aromatic N) is 1. The van der Waals surface area contributed by atoms with Gasteiger partial charge >= 0.3 is 5.97 Å². The normalized spacial score (nSPS) is 10.4. The predicted octanol–water partition coefficient (Wildman–Crippen LogP) is 3.93. The lowest BCUT2D eigenvalue weighted by Crippen LogP contribution is -2.01. The molecule has 0 atom stereocenters. The Balaban J connectivity index is 2.20. The van der Waals surface area contributed by atoms with Gasteiger partial charge in [-0.2, -0.15) is 5.26 Å². The molecule has 0 unspecified atom stereocenters. The lowest BCUT2D eigenvalue weighted by molar-refractivity contribution is 0.0597. The van der Waals surface area contributed by atoms with Crippen LogP contribution in [0.1, 0.15) is 15.9 Å². The predicted molar refractivity (Wildman–Crippen MR) is 85.0 cm³/mol. The van der Waals surface area contributed by atoms with Crippen LogP contribution in [0.4, 0.5) is 0 Å². The topological polar surface area (TPSA) is 70.3 Å². The van der Waals surface area contributed by atoms with Crippen molar-refractivity contribution in [3.8, 4) is 22.9 Å².